The van der Waals surface area contributed by atoms with Gasteiger partial charge >= 0.3 is 0 Å². The summed E-state index contributed by atoms with van der Waals surface area (Å²) in [6.45, 7) is 16.2. The van der Waals surface area contributed by atoms with Crippen molar-refractivity contribution in [1.29, 1.82) is 0 Å². The molecule has 0 spiro atoms. The number of rotatable bonds is 8. The topological polar surface area (TPSA) is 52.7 Å². The SMILES string of the molecule is CCCC(=O)/C(CNC(=O)c1c(N2CCN(C)CC2)sc(C)c1C)=C(/C)C=C(C)C. The minimum Gasteiger partial charge on any atom is -0.360 e. The lowest BCUT2D eigenvalue weighted by Gasteiger charge is -2.33. The van der Waals surface area contributed by atoms with Crippen molar-refractivity contribution in [1.82, 2.24) is 10.2 Å². The maximum Gasteiger partial charge on any atom is 0.254 e. The lowest BCUT2D eigenvalue weighted by molar-refractivity contribution is -0.115. The summed E-state index contributed by atoms with van der Waals surface area (Å²) in [5.74, 6) is 0.0305. The van der Waals surface area contributed by atoms with Crippen molar-refractivity contribution in [3.05, 3.63) is 38.8 Å². The fourth-order valence-corrected chi connectivity index (χ4v) is 4.93. The maximum absolute atomic E-state index is 13.2. The van der Waals surface area contributed by atoms with Crippen molar-refractivity contribution in [2.75, 3.05) is 44.7 Å². The fourth-order valence-electron chi connectivity index (χ4n) is 3.72. The summed E-state index contributed by atoms with van der Waals surface area (Å²) in [6.07, 6.45) is 3.32. The summed E-state index contributed by atoms with van der Waals surface area (Å²) in [6, 6.07) is 0. The molecule has 1 aromatic rings. The average molecular weight is 432 g/mol. The van der Waals surface area contributed by atoms with Crippen LogP contribution in [0.2, 0.25) is 0 Å². The third-order valence-corrected chi connectivity index (χ3v) is 6.87. The van der Waals surface area contributed by atoms with Gasteiger partial charge in [0.25, 0.3) is 5.91 Å². The smallest absolute Gasteiger partial charge is 0.254 e. The van der Waals surface area contributed by atoms with E-state index in [2.05, 4.69) is 29.1 Å². The van der Waals surface area contributed by atoms with Gasteiger partial charge in [-0.2, -0.15) is 0 Å². The quantitative estimate of drug-likeness (QED) is 0.486. The second-order valence-corrected chi connectivity index (χ2v) is 9.70. The number of allylic oxidation sites excluding steroid dienone is 3. The molecule has 0 bridgehead atoms. The maximum atomic E-state index is 13.2. The largest absolute Gasteiger partial charge is 0.360 e. The molecule has 30 heavy (non-hydrogen) atoms. The zero-order valence-corrected chi connectivity index (χ0v) is 20.5. The molecular weight excluding hydrogens is 394 g/mol. The van der Waals surface area contributed by atoms with Gasteiger partial charge in [0.05, 0.1) is 5.56 Å². The van der Waals surface area contributed by atoms with Gasteiger partial charge in [0.15, 0.2) is 5.78 Å². The molecule has 1 fully saturated rings. The Hall–Kier alpha value is -1.92. The van der Waals surface area contributed by atoms with Gasteiger partial charge < -0.3 is 15.1 Å². The van der Waals surface area contributed by atoms with Gasteiger partial charge in [-0.25, -0.2) is 0 Å². The lowest BCUT2D eigenvalue weighted by atomic mass is 10.00. The number of thiophene rings is 1. The van der Waals surface area contributed by atoms with E-state index in [1.807, 2.05) is 40.7 Å². The van der Waals surface area contributed by atoms with Crippen LogP contribution in [0.15, 0.2) is 22.8 Å². The van der Waals surface area contributed by atoms with Crippen LogP contribution in [0.5, 0.6) is 0 Å². The van der Waals surface area contributed by atoms with E-state index in [1.54, 1.807) is 11.3 Å². The van der Waals surface area contributed by atoms with Gasteiger partial charge in [-0.1, -0.05) is 18.6 Å². The zero-order valence-electron chi connectivity index (χ0n) is 19.6. The monoisotopic (exact) mass is 431 g/mol. The molecule has 0 aliphatic carbocycles. The highest BCUT2D eigenvalue weighted by Crippen LogP contribution is 2.36. The second-order valence-electron chi connectivity index (χ2n) is 8.49. The summed E-state index contributed by atoms with van der Waals surface area (Å²) in [5, 5.41) is 4.12. The van der Waals surface area contributed by atoms with Gasteiger partial charge in [0.2, 0.25) is 0 Å². The van der Waals surface area contributed by atoms with E-state index in [0.717, 1.165) is 59.9 Å². The first-order chi connectivity index (χ1) is 14.1. The Labute approximate surface area is 185 Å². The number of piperazine rings is 1. The number of aryl methyl sites for hydroxylation is 1. The molecule has 166 valence electrons. The Morgan fingerprint density at radius 2 is 1.73 bits per heavy atom. The van der Waals surface area contributed by atoms with Crippen LogP contribution in [-0.2, 0) is 4.79 Å². The molecule has 0 radical (unpaired) electrons. The molecular formula is C24H37N3O2S. The van der Waals surface area contributed by atoms with Crippen molar-refractivity contribution in [3.8, 4) is 0 Å². The predicted molar refractivity (Wildman–Crippen MR) is 128 cm³/mol. The molecule has 0 unspecified atom stereocenters. The minimum atomic E-state index is -0.0856. The average Bonchev–Trinajstić information content (AvgIpc) is 2.97. The Balaban J connectivity index is 2.26. The minimum absolute atomic E-state index is 0.0856. The third-order valence-electron chi connectivity index (χ3n) is 5.60. The fraction of sp³-hybridized carbons (Fsp3) is 0.583. The van der Waals surface area contributed by atoms with Crippen LogP contribution in [-0.4, -0.2) is 56.4 Å². The van der Waals surface area contributed by atoms with Crippen LogP contribution >= 0.6 is 11.3 Å². The molecule has 6 heteroatoms. The number of hydrogen-bond acceptors (Lipinski definition) is 5. The number of nitrogens with one attached hydrogen (secondary N) is 1. The van der Waals surface area contributed by atoms with E-state index >= 15 is 0 Å². The first-order valence-corrected chi connectivity index (χ1v) is 11.7. The van der Waals surface area contributed by atoms with Crippen LogP contribution in [0.4, 0.5) is 5.00 Å². The highest BCUT2D eigenvalue weighted by Gasteiger charge is 2.26. The highest BCUT2D eigenvalue weighted by atomic mass is 32.1. The Morgan fingerprint density at radius 3 is 2.30 bits per heavy atom. The number of ketones is 1. The Kier molecular flexibility index (Phi) is 8.86. The zero-order chi connectivity index (χ0) is 22.4. The van der Waals surface area contributed by atoms with E-state index in [9.17, 15) is 9.59 Å². The van der Waals surface area contributed by atoms with E-state index in [0.29, 0.717) is 12.0 Å². The van der Waals surface area contributed by atoms with E-state index in [4.69, 9.17) is 0 Å². The van der Waals surface area contributed by atoms with Crippen molar-refractivity contribution >= 4 is 28.0 Å². The summed E-state index contributed by atoms with van der Waals surface area (Å²) in [7, 11) is 2.13. The van der Waals surface area contributed by atoms with Gasteiger partial charge in [-0.05, 0) is 59.2 Å². The molecule has 1 aromatic heterocycles. The molecule has 2 heterocycles. The van der Waals surface area contributed by atoms with Crippen molar-refractivity contribution in [2.24, 2.45) is 0 Å². The highest BCUT2D eigenvalue weighted by molar-refractivity contribution is 7.16. The number of carbonyl (C=O) groups excluding carboxylic acids is 2. The van der Waals surface area contributed by atoms with Gasteiger partial charge in [-0.3, -0.25) is 9.59 Å². The second kappa shape index (κ2) is 10.9. The number of nitrogens with zero attached hydrogens (tertiary/aromatic N) is 2. The van der Waals surface area contributed by atoms with Crippen LogP contribution in [0, 0.1) is 13.8 Å². The molecule has 1 amide bonds. The van der Waals surface area contributed by atoms with E-state index < -0.39 is 0 Å². The first kappa shape index (κ1) is 24.4. The summed E-state index contributed by atoms with van der Waals surface area (Å²) in [5.41, 5.74) is 4.59. The third kappa shape index (κ3) is 6.05. The summed E-state index contributed by atoms with van der Waals surface area (Å²) in [4.78, 5) is 31.7. The number of hydrogen-bond donors (Lipinski definition) is 1. The number of amides is 1. The summed E-state index contributed by atoms with van der Waals surface area (Å²) >= 11 is 1.70. The number of Topliss-reactive ketones (excluding diaryl/α,β-unsaturated/α-hetero) is 1. The summed E-state index contributed by atoms with van der Waals surface area (Å²) < 4.78 is 0. The van der Waals surface area contributed by atoms with Crippen molar-refractivity contribution < 1.29 is 9.59 Å². The van der Waals surface area contributed by atoms with Crippen LogP contribution in [0.1, 0.15) is 61.3 Å². The molecule has 0 saturated carbocycles. The van der Waals surface area contributed by atoms with Gasteiger partial charge in [-0.15, -0.1) is 11.3 Å². The number of likely N-dealkylation sites (N-methyl/N-ethyl adjacent to an activating group) is 1. The molecule has 1 aliphatic rings. The molecule has 1 saturated heterocycles. The molecule has 0 atom stereocenters. The molecule has 0 aromatic carbocycles. The molecule has 5 nitrogen and oxygen atoms in total. The van der Waals surface area contributed by atoms with Gasteiger partial charge in [0, 0.05) is 49.6 Å². The van der Waals surface area contributed by atoms with Crippen molar-refractivity contribution in [2.45, 2.75) is 54.4 Å². The lowest BCUT2D eigenvalue weighted by Crippen LogP contribution is -2.45. The van der Waals surface area contributed by atoms with Crippen LogP contribution in [0.25, 0.3) is 0 Å². The Morgan fingerprint density at radius 1 is 1.10 bits per heavy atom. The van der Waals surface area contributed by atoms with Crippen molar-refractivity contribution in [3.63, 3.8) is 0 Å². The predicted octanol–water partition coefficient (Wildman–Crippen LogP) is 4.50. The normalized spacial score (nSPS) is 15.6. The number of carbonyl (C=O) groups is 2. The number of anilines is 1. The molecule has 2 rings (SSSR count). The standard InChI is InChI=1S/C24H37N3O2S/c1-8-9-21(28)20(17(4)14-16(2)3)15-25-23(29)22-18(5)19(6)30-24(22)27-12-10-26(7)11-13-27/h14H,8-13,15H2,1-7H3,(H,25,29)/b20-17-. The van der Waals surface area contributed by atoms with E-state index in [1.165, 1.54) is 4.88 Å². The first-order valence-electron chi connectivity index (χ1n) is 10.8. The Bertz CT molecular complexity index is 839. The van der Waals surface area contributed by atoms with Crippen LogP contribution in [0.3, 0.4) is 0 Å². The molecule has 1 N–H and O–H groups in total. The van der Waals surface area contributed by atoms with Gasteiger partial charge in [0.1, 0.15) is 5.00 Å². The van der Waals surface area contributed by atoms with Crippen LogP contribution < -0.4 is 10.2 Å². The molecule has 1 aliphatic heterocycles. The van der Waals surface area contributed by atoms with E-state index in [-0.39, 0.29) is 18.2 Å².